The lowest BCUT2D eigenvalue weighted by Gasteiger charge is -2.38. The molecule has 6 nitrogen and oxygen atoms in total. The van der Waals surface area contributed by atoms with E-state index in [4.69, 9.17) is 0 Å². The molecule has 3 rings (SSSR count). The molecule has 1 aliphatic carbocycles. The van der Waals surface area contributed by atoms with Crippen LogP contribution >= 0.6 is 0 Å². The maximum absolute atomic E-state index is 12.5. The van der Waals surface area contributed by atoms with Gasteiger partial charge in [0.05, 0.1) is 6.54 Å². The van der Waals surface area contributed by atoms with Crippen molar-refractivity contribution >= 4 is 11.8 Å². The van der Waals surface area contributed by atoms with E-state index >= 15 is 0 Å². The monoisotopic (exact) mass is 324 g/mol. The summed E-state index contributed by atoms with van der Waals surface area (Å²) in [5.41, 5.74) is 0. The molecule has 2 amide bonds. The van der Waals surface area contributed by atoms with Crippen LogP contribution in [0.4, 0.5) is 0 Å². The number of nitrogens with one attached hydrogen (secondary N) is 1. The van der Waals surface area contributed by atoms with Gasteiger partial charge in [-0.1, -0.05) is 12.8 Å². The Morgan fingerprint density at radius 3 is 2.39 bits per heavy atom. The van der Waals surface area contributed by atoms with Gasteiger partial charge in [0, 0.05) is 59.7 Å². The Kier molecular flexibility index (Phi) is 5.54. The number of hydrogen-bond donors (Lipinski definition) is 1. The van der Waals surface area contributed by atoms with Gasteiger partial charge in [-0.25, -0.2) is 0 Å². The van der Waals surface area contributed by atoms with Crippen molar-refractivity contribution in [3.63, 3.8) is 0 Å². The Bertz CT molecular complexity index is 434. The molecule has 1 atom stereocenters. The second kappa shape index (κ2) is 7.62. The molecule has 6 heteroatoms. The molecular weight excluding hydrogens is 292 g/mol. The number of hydrogen-bond acceptors (Lipinski definition) is 4. The van der Waals surface area contributed by atoms with Gasteiger partial charge in [0.2, 0.25) is 11.8 Å². The Balaban J connectivity index is 0.00000208. The lowest BCUT2D eigenvalue weighted by atomic mass is 10.2. The van der Waals surface area contributed by atoms with E-state index in [2.05, 4.69) is 15.1 Å². The highest BCUT2D eigenvalue weighted by Gasteiger charge is 2.30. The molecule has 0 spiro atoms. The molecule has 3 fully saturated rings. The summed E-state index contributed by atoms with van der Waals surface area (Å²) in [6.45, 7) is 7.57. The molecule has 2 heterocycles. The SMILES string of the molecule is CC(=O)NC1CCN(CC(=O)N2CCN(C3CCCC3)CC2)C1.[HH]. The first-order valence-corrected chi connectivity index (χ1v) is 9.13. The van der Waals surface area contributed by atoms with E-state index in [0.717, 1.165) is 51.7 Å². The molecule has 0 aromatic rings. The summed E-state index contributed by atoms with van der Waals surface area (Å²) < 4.78 is 0. The van der Waals surface area contributed by atoms with Crippen molar-refractivity contribution in [2.45, 2.75) is 51.1 Å². The molecular formula is C17H32N4O2. The second-order valence-corrected chi connectivity index (χ2v) is 7.28. The summed E-state index contributed by atoms with van der Waals surface area (Å²) in [6, 6.07) is 0.976. The summed E-state index contributed by atoms with van der Waals surface area (Å²) in [6.07, 6.45) is 6.36. The first kappa shape index (κ1) is 16.7. The average Bonchev–Trinajstić information content (AvgIpc) is 3.19. The quantitative estimate of drug-likeness (QED) is 0.820. The second-order valence-electron chi connectivity index (χ2n) is 7.28. The zero-order valence-corrected chi connectivity index (χ0v) is 14.3. The van der Waals surface area contributed by atoms with Crippen LogP contribution in [0.25, 0.3) is 0 Å². The summed E-state index contributed by atoms with van der Waals surface area (Å²) in [7, 11) is 0. The predicted molar refractivity (Wildman–Crippen MR) is 91.2 cm³/mol. The van der Waals surface area contributed by atoms with E-state index in [0.29, 0.717) is 6.54 Å². The molecule has 0 bridgehead atoms. The minimum absolute atomic E-state index is 0. The van der Waals surface area contributed by atoms with Crippen molar-refractivity contribution in [3.8, 4) is 0 Å². The zero-order chi connectivity index (χ0) is 16.2. The molecule has 0 aromatic heterocycles. The summed E-state index contributed by atoms with van der Waals surface area (Å²) in [5, 5.41) is 2.95. The van der Waals surface area contributed by atoms with Crippen LogP contribution in [0, 0.1) is 0 Å². The van der Waals surface area contributed by atoms with Gasteiger partial charge in [-0.15, -0.1) is 0 Å². The molecule has 1 unspecified atom stereocenters. The zero-order valence-electron chi connectivity index (χ0n) is 14.3. The van der Waals surface area contributed by atoms with Crippen LogP contribution in [0.2, 0.25) is 0 Å². The number of likely N-dealkylation sites (tertiary alicyclic amines) is 1. The highest BCUT2D eigenvalue weighted by molar-refractivity contribution is 5.78. The van der Waals surface area contributed by atoms with E-state index in [9.17, 15) is 9.59 Å². The van der Waals surface area contributed by atoms with Crippen LogP contribution in [-0.4, -0.2) is 84.4 Å². The first-order chi connectivity index (χ1) is 11.1. The first-order valence-electron chi connectivity index (χ1n) is 9.13. The van der Waals surface area contributed by atoms with Crippen molar-refractivity contribution in [1.82, 2.24) is 20.0 Å². The van der Waals surface area contributed by atoms with Crippen LogP contribution in [0.5, 0.6) is 0 Å². The van der Waals surface area contributed by atoms with Crippen molar-refractivity contribution < 1.29 is 11.0 Å². The fraction of sp³-hybridized carbons (Fsp3) is 0.882. The van der Waals surface area contributed by atoms with Gasteiger partial charge >= 0.3 is 0 Å². The van der Waals surface area contributed by atoms with Crippen molar-refractivity contribution in [3.05, 3.63) is 0 Å². The predicted octanol–water partition coefficient (Wildman–Crippen LogP) is 0.530. The molecule has 23 heavy (non-hydrogen) atoms. The van der Waals surface area contributed by atoms with Gasteiger partial charge in [-0.2, -0.15) is 0 Å². The molecule has 1 N–H and O–H groups in total. The number of piperazine rings is 1. The minimum Gasteiger partial charge on any atom is -0.352 e. The Morgan fingerprint density at radius 2 is 1.74 bits per heavy atom. The Hall–Kier alpha value is -1.14. The largest absolute Gasteiger partial charge is 0.352 e. The fourth-order valence-corrected chi connectivity index (χ4v) is 4.28. The molecule has 0 radical (unpaired) electrons. The van der Waals surface area contributed by atoms with Crippen LogP contribution in [-0.2, 0) is 9.59 Å². The van der Waals surface area contributed by atoms with Crippen LogP contribution in [0.1, 0.15) is 40.5 Å². The highest BCUT2D eigenvalue weighted by atomic mass is 16.2. The number of carbonyl (C=O) groups excluding carboxylic acids is 2. The molecule has 132 valence electrons. The van der Waals surface area contributed by atoms with Gasteiger partial charge in [0.25, 0.3) is 0 Å². The summed E-state index contributed by atoms with van der Waals surface area (Å²) in [4.78, 5) is 30.4. The molecule has 2 aliphatic heterocycles. The van der Waals surface area contributed by atoms with Gasteiger partial charge in [-0.05, 0) is 19.3 Å². The Morgan fingerprint density at radius 1 is 1.04 bits per heavy atom. The average molecular weight is 324 g/mol. The van der Waals surface area contributed by atoms with Gasteiger partial charge in [0.1, 0.15) is 0 Å². The normalized spacial score (nSPS) is 27.5. The minimum atomic E-state index is 0. The van der Waals surface area contributed by atoms with Gasteiger partial charge in [-0.3, -0.25) is 19.4 Å². The third-order valence-corrected chi connectivity index (χ3v) is 5.55. The summed E-state index contributed by atoms with van der Waals surface area (Å²) in [5.74, 6) is 0.269. The maximum atomic E-state index is 12.5. The van der Waals surface area contributed by atoms with Crippen LogP contribution in [0.15, 0.2) is 0 Å². The highest BCUT2D eigenvalue weighted by Crippen LogP contribution is 2.24. The topological polar surface area (TPSA) is 55.9 Å². The number of amides is 2. The third kappa shape index (κ3) is 4.44. The van der Waals surface area contributed by atoms with E-state index in [1.165, 1.54) is 25.7 Å². The van der Waals surface area contributed by atoms with Crippen LogP contribution < -0.4 is 5.32 Å². The molecule has 3 aliphatic rings. The van der Waals surface area contributed by atoms with Crippen molar-refractivity contribution in [1.29, 1.82) is 0 Å². The van der Waals surface area contributed by atoms with Gasteiger partial charge < -0.3 is 10.2 Å². The van der Waals surface area contributed by atoms with E-state index in [-0.39, 0.29) is 19.3 Å². The molecule has 0 aromatic carbocycles. The van der Waals surface area contributed by atoms with E-state index in [1.807, 2.05) is 4.90 Å². The maximum Gasteiger partial charge on any atom is 0.236 e. The molecule has 1 saturated carbocycles. The standard InChI is InChI=1S/C17H30N4O2.H2/c1-14(22)18-15-6-7-19(12-15)13-17(23)21-10-8-20(9-11-21)16-4-2-3-5-16;/h15-16H,2-13H2,1H3,(H,18,22);1H. The Labute approximate surface area is 140 Å². The van der Waals surface area contributed by atoms with Gasteiger partial charge in [0.15, 0.2) is 0 Å². The summed E-state index contributed by atoms with van der Waals surface area (Å²) >= 11 is 0. The lowest BCUT2D eigenvalue weighted by Crippen LogP contribution is -2.53. The van der Waals surface area contributed by atoms with Crippen molar-refractivity contribution in [2.75, 3.05) is 45.8 Å². The van der Waals surface area contributed by atoms with Crippen LogP contribution in [0.3, 0.4) is 0 Å². The fourth-order valence-electron chi connectivity index (χ4n) is 4.28. The smallest absolute Gasteiger partial charge is 0.236 e. The lowest BCUT2D eigenvalue weighted by molar-refractivity contribution is -0.134. The number of rotatable bonds is 4. The number of carbonyl (C=O) groups is 2. The van der Waals surface area contributed by atoms with E-state index in [1.54, 1.807) is 6.92 Å². The molecule has 2 saturated heterocycles. The van der Waals surface area contributed by atoms with E-state index < -0.39 is 0 Å². The third-order valence-electron chi connectivity index (χ3n) is 5.55. The number of nitrogens with zero attached hydrogens (tertiary/aromatic N) is 3. The van der Waals surface area contributed by atoms with Crippen molar-refractivity contribution in [2.24, 2.45) is 0 Å².